The number of hydrogen-bond donors (Lipinski definition) is 0. The molecule has 122 valence electrons. The van der Waals surface area contributed by atoms with E-state index in [4.69, 9.17) is 4.74 Å². The van der Waals surface area contributed by atoms with E-state index in [1.165, 1.54) is 18.5 Å². The SMILES string of the molecule is COC(=O)c1ccc(Cn2cc[n+](Cc3ccccc3)c2C)cc1. The molecular weight excluding hydrogens is 300 g/mol. The van der Waals surface area contributed by atoms with Crippen molar-refractivity contribution in [2.45, 2.75) is 20.0 Å². The van der Waals surface area contributed by atoms with Crippen LogP contribution in [0.2, 0.25) is 0 Å². The summed E-state index contributed by atoms with van der Waals surface area (Å²) in [7, 11) is 1.39. The van der Waals surface area contributed by atoms with Gasteiger partial charge in [-0.15, -0.1) is 0 Å². The third-order valence-corrected chi connectivity index (χ3v) is 4.18. The second-order valence-corrected chi connectivity index (χ2v) is 5.78. The summed E-state index contributed by atoms with van der Waals surface area (Å²) in [6.45, 7) is 3.75. The quantitative estimate of drug-likeness (QED) is 0.535. The van der Waals surface area contributed by atoms with Crippen molar-refractivity contribution in [2.75, 3.05) is 7.11 Å². The molecule has 4 nitrogen and oxygen atoms in total. The van der Waals surface area contributed by atoms with E-state index in [-0.39, 0.29) is 5.97 Å². The van der Waals surface area contributed by atoms with Crippen LogP contribution in [-0.2, 0) is 17.8 Å². The van der Waals surface area contributed by atoms with Gasteiger partial charge in [0.25, 0.3) is 5.82 Å². The second-order valence-electron chi connectivity index (χ2n) is 5.78. The third-order valence-electron chi connectivity index (χ3n) is 4.18. The lowest BCUT2D eigenvalue weighted by Gasteiger charge is -2.04. The summed E-state index contributed by atoms with van der Waals surface area (Å²) >= 11 is 0. The fourth-order valence-corrected chi connectivity index (χ4v) is 2.72. The van der Waals surface area contributed by atoms with Gasteiger partial charge in [0.2, 0.25) is 0 Å². The topological polar surface area (TPSA) is 35.1 Å². The smallest absolute Gasteiger partial charge is 0.337 e. The number of imidazole rings is 1. The van der Waals surface area contributed by atoms with Crippen molar-refractivity contribution in [3.63, 3.8) is 0 Å². The third kappa shape index (κ3) is 3.54. The molecule has 0 N–H and O–H groups in total. The molecule has 3 rings (SSSR count). The predicted octanol–water partition coefficient (Wildman–Crippen LogP) is 2.97. The molecule has 0 aliphatic rings. The van der Waals surface area contributed by atoms with E-state index in [2.05, 4.69) is 52.7 Å². The molecule has 0 atom stereocenters. The number of carbonyl (C=O) groups excluding carboxylic acids is 1. The molecule has 1 heterocycles. The van der Waals surface area contributed by atoms with Gasteiger partial charge < -0.3 is 4.74 Å². The van der Waals surface area contributed by atoms with E-state index >= 15 is 0 Å². The molecule has 1 aromatic heterocycles. The number of nitrogens with zero attached hydrogens (tertiary/aromatic N) is 2. The number of esters is 1. The Balaban J connectivity index is 1.73. The minimum atomic E-state index is -0.306. The van der Waals surface area contributed by atoms with Gasteiger partial charge in [0, 0.05) is 6.92 Å². The van der Waals surface area contributed by atoms with Crippen LogP contribution in [-0.4, -0.2) is 17.6 Å². The predicted molar refractivity (Wildman–Crippen MR) is 91.8 cm³/mol. The average Bonchev–Trinajstić information content (AvgIpc) is 2.96. The molecule has 4 heteroatoms. The summed E-state index contributed by atoms with van der Waals surface area (Å²) in [6, 6.07) is 18.0. The molecule has 0 aliphatic carbocycles. The first-order valence-corrected chi connectivity index (χ1v) is 7.94. The molecule has 24 heavy (non-hydrogen) atoms. The largest absolute Gasteiger partial charge is 0.465 e. The zero-order valence-corrected chi connectivity index (χ0v) is 14.0. The molecule has 0 aliphatic heterocycles. The maximum absolute atomic E-state index is 11.5. The molecular formula is C20H21N2O2+. The Morgan fingerprint density at radius 3 is 2.42 bits per heavy atom. The van der Waals surface area contributed by atoms with Crippen LogP contribution in [0.1, 0.15) is 27.3 Å². The molecule has 0 saturated heterocycles. The lowest BCUT2D eigenvalue weighted by molar-refractivity contribution is -0.693. The van der Waals surface area contributed by atoms with E-state index in [1.54, 1.807) is 12.1 Å². The highest BCUT2D eigenvalue weighted by Gasteiger charge is 2.13. The van der Waals surface area contributed by atoms with Crippen LogP contribution >= 0.6 is 0 Å². The molecule has 3 aromatic rings. The standard InChI is InChI=1S/C20H21N2O2/c1-16-21(14-17-6-4-3-5-7-17)12-13-22(16)15-18-8-10-19(11-9-18)20(23)24-2/h3-13H,14-15H2,1-2H3/q+1. The van der Waals surface area contributed by atoms with Gasteiger partial charge in [-0.25, -0.2) is 13.9 Å². The Labute approximate surface area is 141 Å². The lowest BCUT2D eigenvalue weighted by atomic mass is 10.1. The summed E-state index contributed by atoms with van der Waals surface area (Å²) < 4.78 is 9.16. The van der Waals surface area contributed by atoms with Crippen LogP contribution in [0.4, 0.5) is 0 Å². The Bertz CT molecular complexity index is 821. The van der Waals surface area contributed by atoms with E-state index < -0.39 is 0 Å². The Kier molecular flexibility index (Phi) is 4.75. The number of methoxy groups -OCH3 is 1. The summed E-state index contributed by atoms with van der Waals surface area (Å²) in [4.78, 5) is 11.5. The number of rotatable bonds is 5. The van der Waals surface area contributed by atoms with Crippen LogP contribution in [0.15, 0.2) is 67.0 Å². The van der Waals surface area contributed by atoms with Gasteiger partial charge in [-0.3, -0.25) is 0 Å². The Morgan fingerprint density at radius 1 is 1.04 bits per heavy atom. The summed E-state index contributed by atoms with van der Waals surface area (Å²) in [6.07, 6.45) is 4.19. The first-order chi connectivity index (χ1) is 11.7. The first kappa shape index (κ1) is 16.0. The molecule has 0 radical (unpaired) electrons. The van der Waals surface area contributed by atoms with Gasteiger partial charge in [-0.05, 0) is 23.3 Å². The maximum atomic E-state index is 11.5. The summed E-state index contributed by atoms with van der Waals surface area (Å²) in [5.41, 5.74) is 3.00. The fourth-order valence-electron chi connectivity index (χ4n) is 2.72. The highest BCUT2D eigenvalue weighted by molar-refractivity contribution is 5.89. The second kappa shape index (κ2) is 7.13. The molecule has 0 bridgehead atoms. The van der Waals surface area contributed by atoms with Gasteiger partial charge in [0.1, 0.15) is 25.5 Å². The summed E-state index contributed by atoms with van der Waals surface area (Å²) in [5.74, 6) is 0.885. The summed E-state index contributed by atoms with van der Waals surface area (Å²) in [5, 5.41) is 0. The molecule has 0 saturated carbocycles. The van der Waals surface area contributed by atoms with Crippen LogP contribution in [0, 0.1) is 6.92 Å². The maximum Gasteiger partial charge on any atom is 0.337 e. The lowest BCUT2D eigenvalue weighted by Crippen LogP contribution is -2.36. The number of hydrogen-bond acceptors (Lipinski definition) is 2. The Hall–Kier alpha value is -2.88. The van der Waals surface area contributed by atoms with Gasteiger partial charge in [-0.2, -0.15) is 0 Å². The average molecular weight is 321 g/mol. The Morgan fingerprint density at radius 2 is 1.75 bits per heavy atom. The first-order valence-electron chi connectivity index (χ1n) is 7.94. The fraction of sp³-hybridized carbons (Fsp3) is 0.200. The van der Waals surface area contributed by atoms with E-state index in [0.717, 1.165) is 18.7 Å². The molecule has 2 aromatic carbocycles. The van der Waals surface area contributed by atoms with E-state index in [9.17, 15) is 4.79 Å². The monoisotopic (exact) mass is 321 g/mol. The molecule has 0 amide bonds. The van der Waals surface area contributed by atoms with Crippen LogP contribution in [0.5, 0.6) is 0 Å². The van der Waals surface area contributed by atoms with E-state index in [0.29, 0.717) is 5.56 Å². The molecule has 0 unspecified atom stereocenters. The number of carbonyl (C=O) groups is 1. The number of ether oxygens (including phenoxy) is 1. The minimum Gasteiger partial charge on any atom is -0.465 e. The highest BCUT2D eigenvalue weighted by atomic mass is 16.5. The van der Waals surface area contributed by atoms with Gasteiger partial charge in [0.15, 0.2) is 0 Å². The van der Waals surface area contributed by atoms with Crippen molar-refractivity contribution in [1.82, 2.24) is 4.57 Å². The van der Waals surface area contributed by atoms with Gasteiger partial charge >= 0.3 is 5.97 Å². The van der Waals surface area contributed by atoms with Crippen molar-refractivity contribution in [3.8, 4) is 0 Å². The van der Waals surface area contributed by atoms with Gasteiger partial charge in [-0.1, -0.05) is 42.5 Å². The zero-order chi connectivity index (χ0) is 16.9. The number of aromatic nitrogens is 2. The number of benzene rings is 2. The van der Waals surface area contributed by atoms with Crippen molar-refractivity contribution >= 4 is 5.97 Å². The van der Waals surface area contributed by atoms with Crippen molar-refractivity contribution in [1.29, 1.82) is 0 Å². The van der Waals surface area contributed by atoms with Crippen molar-refractivity contribution in [3.05, 3.63) is 89.5 Å². The highest BCUT2D eigenvalue weighted by Crippen LogP contribution is 2.09. The van der Waals surface area contributed by atoms with Crippen molar-refractivity contribution < 1.29 is 14.1 Å². The normalized spacial score (nSPS) is 10.6. The van der Waals surface area contributed by atoms with Crippen molar-refractivity contribution in [2.24, 2.45) is 0 Å². The minimum absolute atomic E-state index is 0.306. The van der Waals surface area contributed by atoms with Gasteiger partial charge in [0.05, 0.1) is 12.7 Å². The zero-order valence-electron chi connectivity index (χ0n) is 14.0. The van der Waals surface area contributed by atoms with Crippen LogP contribution < -0.4 is 4.57 Å². The van der Waals surface area contributed by atoms with Crippen LogP contribution in [0.3, 0.4) is 0 Å². The van der Waals surface area contributed by atoms with E-state index in [1.807, 2.05) is 18.2 Å². The molecule has 0 spiro atoms. The molecule has 0 fully saturated rings. The van der Waals surface area contributed by atoms with Crippen LogP contribution in [0.25, 0.3) is 0 Å².